The minimum atomic E-state index is 0.833. The summed E-state index contributed by atoms with van der Waals surface area (Å²) in [4.78, 5) is 2.40. The molecule has 96 valence electrons. The van der Waals surface area contributed by atoms with Crippen LogP contribution in [0.3, 0.4) is 0 Å². The van der Waals surface area contributed by atoms with Gasteiger partial charge in [0.15, 0.2) is 0 Å². The second kappa shape index (κ2) is 4.98. The first kappa shape index (κ1) is 12.3. The highest BCUT2D eigenvalue weighted by Gasteiger charge is 2.26. The molecule has 2 rings (SSSR count). The van der Waals surface area contributed by atoms with Crippen molar-refractivity contribution in [3.8, 4) is 0 Å². The summed E-state index contributed by atoms with van der Waals surface area (Å²) in [5, 5.41) is 4.49. The van der Waals surface area contributed by atoms with E-state index in [0.717, 1.165) is 42.6 Å². The molecule has 17 heavy (non-hydrogen) atoms. The van der Waals surface area contributed by atoms with Gasteiger partial charge in [0, 0.05) is 20.1 Å². The van der Waals surface area contributed by atoms with E-state index in [9.17, 15) is 0 Å². The second-order valence-corrected chi connectivity index (χ2v) is 5.05. The van der Waals surface area contributed by atoms with Crippen molar-refractivity contribution in [2.75, 3.05) is 23.7 Å². The number of hydrogen-bond acceptors (Lipinski definition) is 3. The molecule has 0 aromatic carbocycles. The Bertz CT molecular complexity index is 383. The molecular weight excluding hydrogens is 212 g/mol. The van der Waals surface area contributed by atoms with Crippen LogP contribution in [0.25, 0.3) is 0 Å². The van der Waals surface area contributed by atoms with Crippen molar-refractivity contribution in [3.63, 3.8) is 0 Å². The number of nitrogens with two attached hydrogens (primary N) is 1. The van der Waals surface area contributed by atoms with Crippen molar-refractivity contribution in [3.05, 3.63) is 5.69 Å². The SMILES string of the molecule is CCCC1CCN(c2c(N)c(CC)nn2C)C1. The predicted octanol–water partition coefficient (Wildman–Crippen LogP) is 2.19. The number of anilines is 2. The molecule has 0 amide bonds. The molecule has 0 aliphatic carbocycles. The topological polar surface area (TPSA) is 47.1 Å². The molecule has 1 saturated heterocycles. The van der Waals surface area contributed by atoms with Crippen LogP contribution in [-0.4, -0.2) is 22.9 Å². The van der Waals surface area contributed by atoms with E-state index in [1.807, 2.05) is 11.7 Å². The lowest BCUT2D eigenvalue weighted by atomic mass is 10.0. The van der Waals surface area contributed by atoms with Crippen molar-refractivity contribution < 1.29 is 0 Å². The van der Waals surface area contributed by atoms with Gasteiger partial charge in [0.05, 0.1) is 11.4 Å². The lowest BCUT2D eigenvalue weighted by Gasteiger charge is -2.19. The zero-order valence-electron chi connectivity index (χ0n) is 11.2. The molecule has 0 radical (unpaired) electrons. The van der Waals surface area contributed by atoms with Crippen molar-refractivity contribution >= 4 is 11.5 Å². The van der Waals surface area contributed by atoms with Gasteiger partial charge in [0.1, 0.15) is 5.82 Å². The van der Waals surface area contributed by atoms with E-state index in [1.165, 1.54) is 19.3 Å². The summed E-state index contributed by atoms with van der Waals surface area (Å²) in [7, 11) is 2.00. The van der Waals surface area contributed by atoms with Crippen LogP contribution >= 0.6 is 0 Å². The molecule has 0 bridgehead atoms. The van der Waals surface area contributed by atoms with Crippen LogP contribution in [0.5, 0.6) is 0 Å². The Hall–Kier alpha value is -1.19. The molecule has 0 saturated carbocycles. The summed E-state index contributed by atoms with van der Waals surface area (Å²) in [6.45, 7) is 6.63. The fourth-order valence-corrected chi connectivity index (χ4v) is 2.89. The van der Waals surface area contributed by atoms with Gasteiger partial charge in [0.25, 0.3) is 0 Å². The zero-order chi connectivity index (χ0) is 12.4. The lowest BCUT2D eigenvalue weighted by Crippen LogP contribution is -2.23. The first-order valence-corrected chi connectivity index (χ1v) is 6.73. The second-order valence-electron chi connectivity index (χ2n) is 5.05. The van der Waals surface area contributed by atoms with E-state index in [4.69, 9.17) is 5.73 Å². The van der Waals surface area contributed by atoms with Gasteiger partial charge in [-0.15, -0.1) is 0 Å². The van der Waals surface area contributed by atoms with E-state index in [2.05, 4.69) is 23.8 Å². The van der Waals surface area contributed by atoms with Crippen molar-refractivity contribution in [2.45, 2.75) is 39.5 Å². The van der Waals surface area contributed by atoms with Crippen LogP contribution in [-0.2, 0) is 13.5 Å². The Morgan fingerprint density at radius 3 is 2.76 bits per heavy atom. The summed E-state index contributed by atoms with van der Waals surface area (Å²) in [5.74, 6) is 1.96. The molecule has 2 heterocycles. The minimum absolute atomic E-state index is 0.833. The first-order valence-electron chi connectivity index (χ1n) is 6.73. The smallest absolute Gasteiger partial charge is 0.150 e. The van der Waals surface area contributed by atoms with Gasteiger partial charge in [-0.1, -0.05) is 20.3 Å². The van der Waals surface area contributed by atoms with Gasteiger partial charge in [-0.2, -0.15) is 5.10 Å². The summed E-state index contributed by atoms with van der Waals surface area (Å²) in [5.41, 5.74) is 8.10. The maximum atomic E-state index is 6.19. The largest absolute Gasteiger partial charge is 0.394 e. The molecule has 1 aliphatic heterocycles. The Kier molecular flexibility index (Phi) is 3.60. The molecule has 1 fully saturated rings. The number of aryl methyl sites for hydroxylation is 2. The van der Waals surface area contributed by atoms with Crippen LogP contribution in [0.2, 0.25) is 0 Å². The monoisotopic (exact) mass is 236 g/mol. The van der Waals surface area contributed by atoms with E-state index in [1.54, 1.807) is 0 Å². The Morgan fingerprint density at radius 1 is 1.41 bits per heavy atom. The third kappa shape index (κ3) is 2.26. The average molecular weight is 236 g/mol. The molecule has 1 aromatic rings. The normalized spacial score (nSPS) is 20.2. The number of nitrogen functional groups attached to an aromatic ring is 1. The number of aromatic nitrogens is 2. The van der Waals surface area contributed by atoms with E-state index in [-0.39, 0.29) is 0 Å². The Morgan fingerprint density at radius 2 is 2.18 bits per heavy atom. The first-order chi connectivity index (χ1) is 8.17. The van der Waals surface area contributed by atoms with Gasteiger partial charge in [0.2, 0.25) is 0 Å². The third-order valence-corrected chi connectivity index (χ3v) is 3.75. The van der Waals surface area contributed by atoms with Crippen LogP contribution in [0.4, 0.5) is 11.5 Å². The van der Waals surface area contributed by atoms with Crippen molar-refractivity contribution in [1.82, 2.24) is 9.78 Å². The molecule has 1 unspecified atom stereocenters. The molecule has 1 aliphatic rings. The van der Waals surface area contributed by atoms with E-state index >= 15 is 0 Å². The highest BCUT2D eigenvalue weighted by Crippen LogP contribution is 2.32. The van der Waals surface area contributed by atoms with E-state index < -0.39 is 0 Å². The highest BCUT2D eigenvalue weighted by molar-refractivity contribution is 5.66. The molecule has 2 N–H and O–H groups in total. The van der Waals surface area contributed by atoms with E-state index in [0.29, 0.717) is 0 Å². The number of hydrogen-bond donors (Lipinski definition) is 1. The predicted molar refractivity (Wildman–Crippen MR) is 72.2 cm³/mol. The Labute approximate surface area is 104 Å². The standard InChI is InChI=1S/C13H24N4/c1-4-6-10-7-8-17(9-10)13-12(14)11(5-2)15-16(13)3/h10H,4-9,14H2,1-3H3. The number of rotatable bonds is 4. The molecule has 4 nitrogen and oxygen atoms in total. The zero-order valence-corrected chi connectivity index (χ0v) is 11.2. The van der Waals surface area contributed by atoms with Crippen LogP contribution in [0.15, 0.2) is 0 Å². The third-order valence-electron chi connectivity index (χ3n) is 3.75. The Balaban J connectivity index is 2.15. The quantitative estimate of drug-likeness (QED) is 0.871. The highest BCUT2D eigenvalue weighted by atomic mass is 15.4. The fraction of sp³-hybridized carbons (Fsp3) is 0.769. The maximum absolute atomic E-state index is 6.19. The molecule has 1 atom stereocenters. The van der Waals surface area contributed by atoms with Gasteiger partial charge in [-0.25, -0.2) is 0 Å². The molecule has 1 aromatic heterocycles. The summed E-state index contributed by atoms with van der Waals surface area (Å²) >= 11 is 0. The molecular formula is C13H24N4. The van der Waals surface area contributed by atoms with Crippen LogP contribution in [0, 0.1) is 5.92 Å². The minimum Gasteiger partial charge on any atom is -0.394 e. The van der Waals surface area contributed by atoms with Crippen LogP contribution in [0.1, 0.15) is 38.8 Å². The van der Waals surface area contributed by atoms with Crippen molar-refractivity contribution in [1.29, 1.82) is 0 Å². The van der Waals surface area contributed by atoms with Crippen molar-refractivity contribution in [2.24, 2.45) is 13.0 Å². The average Bonchev–Trinajstić information content (AvgIpc) is 2.84. The van der Waals surface area contributed by atoms with Gasteiger partial charge < -0.3 is 10.6 Å². The number of nitrogens with zero attached hydrogens (tertiary/aromatic N) is 3. The summed E-state index contributed by atoms with van der Waals surface area (Å²) < 4.78 is 1.95. The maximum Gasteiger partial charge on any atom is 0.150 e. The fourth-order valence-electron chi connectivity index (χ4n) is 2.89. The molecule has 0 spiro atoms. The van der Waals surface area contributed by atoms with Crippen LogP contribution < -0.4 is 10.6 Å². The van der Waals surface area contributed by atoms with Gasteiger partial charge >= 0.3 is 0 Å². The van der Waals surface area contributed by atoms with Gasteiger partial charge in [-0.3, -0.25) is 4.68 Å². The lowest BCUT2D eigenvalue weighted by molar-refractivity contribution is 0.529. The summed E-state index contributed by atoms with van der Waals surface area (Å²) in [6, 6.07) is 0. The summed E-state index contributed by atoms with van der Waals surface area (Å²) in [6.07, 6.45) is 4.81. The van der Waals surface area contributed by atoms with Gasteiger partial charge in [-0.05, 0) is 25.2 Å². The molecule has 4 heteroatoms.